The van der Waals surface area contributed by atoms with Crippen LogP contribution in [0, 0.1) is 17.6 Å². The number of aromatic nitrogens is 1. The van der Waals surface area contributed by atoms with Gasteiger partial charge in [0.05, 0.1) is 5.92 Å². The number of amides is 2. The highest BCUT2D eigenvalue weighted by molar-refractivity contribution is 5.92. The third-order valence-electron chi connectivity index (χ3n) is 5.50. The largest absolute Gasteiger partial charge is 0.384 e. The first-order chi connectivity index (χ1) is 14.1. The number of nitrogens with zero attached hydrogens (tertiary/aromatic N) is 2. The number of carbonyl (C=O) groups is 2. The third-order valence-corrected chi connectivity index (χ3v) is 5.50. The van der Waals surface area contributed by atoms with Crippen molar-refractivity contribution in [1.29, 1.82) is 0 Å². The van der Waals surface area contributed by atoms with E-state index in [0.717, 1.165) is 12.1 Å². The van der Waals surface area contributed by atoms with Gasteiger partial charge < -0.3 is 16.8 Å². The summed E-state index contributed by atoms with van der Waals surface area (Å²) < 4.78 is 27.0. The van der Waals surface area contributed by atoms with Gasteiger partial charge in [0.25, 0.3) is 0 Å². The summed E-state index contributed by atoms with van der Waals surface area (Å²) in [4.78, 5) is 31.2. The Bertz CT molecular complexity index is 907. The lowest BCUT2D eigenvalue weighted by atomic mass is 9.78. The van der Waals surface area contributed by atoms with Gasteiger partial charge in [0.15, 0.2) is 11.6 Å². The number of nitrogens with one attached hydrogen (secondary N) is 1. The smallest absolute Gasteiger partial charge is 0.238 e. The zero-order chi connectivity index (χ0) is 22.5. The fourth-order valence-electron chi connectivity index (χ4n) is 3.26. The Labute approximate surface area is 174 Å². The molecule has 1 heterocycles. The lowest BCUT2D eigenvalue weighted by Crippen LogP contribution is -2.62. The van der Waals surface area contributed by atoms with E-state index in [4.69, 9.17) is 11.5 Å². The van der Waals surface area contributed by atoms with E-state index >= 15 is 0 Å². The van der Waals surface area contributed by atoms with Crippen LogP contribution in [-0.4, -0.2) is 40.8 Å². The first-order valence-electron chi connectivity index (χ1n) is 9.52. The first-order valence-corrected chi connectivity index (χ1v) is 9.52. The van der Waals surface area contributed by atoms with Gasteiger partial charge in [-0.25, -0.2) is 13.8 Å². The van der Waals surface area contributed by atoms with E-state index in [1.807, 2.05) is 6.92 Å². The molecule has 1 aromatic heterocycles. The summed E-state index contributed by atoms with van der Waals surface area (Å²) in [5.41, 5.74) is 11.0. The van der Waals surface area contributed by atoms with Crippen molar-refractivity contribution < 1.29 is 18.4 Å². The van der Waals surface area contributed by atoms with E-state index < -0.39 is 34.9 Å². The van der Waals surface area contributed by atoms with E-state index in [1.54, 1.807) is 31.0 Å². The number of primary amides is 1. The summed E-state index contributed by atoms with van der Waals surface area (Å²) in [6.45, 7) is 4.01. The highest BCUT2D eigenvalue weighted by Gasteiger charge is 2.46. The molecule has 0 bridgehead atoms. The van der Waals surface area contributed by atoms with Gasteiger partial charge in [-0.05, 0) is 56.3 Å². The summed E-state index contributed by atoms with van der Waals surface area (Å²) in [5, 5.41) is 2.78. The van der Waals surface area contributed by atoms with Crippen LogP contribution in [-0.2, 0) is 22.6 Å². The fourth-order valence-corrected chi connectivity index (χ4v) is 3.26. The lowest BCUT2D eigenvalue weighted by Gasteiger charge is -2.41. The zero-order valence-electron chi connectivity index (χ0n) is 17.3. The Kier molecular flexibility index (Phi) is 7.44. The van der Waals surface area contributed by atoms with Crippen LogP contribution in [0.2, 0.25) is 0 Å². The van der Waals surface area contributed by atoms with Gasteiger partial charge in [-0.2, -0.15) is 0 Å². The quantitative estimate of drug-likeness (QED) is 0.571. The molecule has 1 aromatic carbocycles. The SMILES string of the molecule is CCN(C)C(C)(C(N)=O)[C@H](Cc1ccc(F)c(F)c1)C(=O)NCc1ccc(N)nc1. The number of hydrogen-bond donors (Lipinski definition) is 3. The molecule has 0 spiro atoms. The maximum atomic E-state index is 13.7. The average molecular weight is 419 g/mol. The number of halogens is 2. The molecule has 0 aliphatic rings. The summed E-state index contributed by atoms with van der Waals surface area (Å²) in [5.74, 6) is -3.75. The maximum absolute atomic E-state index is 13.7. The number of rotatable bonds is 9. The van der Waals surface area contributed by atoms with Gasteiger partial charge in [0, 0.05) is 12.7 Å². The van der Waals surface area contributed by atoms with Crippen LogP contribution in [0.25, 0.3) is 0 Å². The number of pyridine rings is 1. The lowest BCUT2D eigenvalue weighted by molar-refractivity contribution is -0.141. The second kappa shape index (κ2) is 9.62. The van der Waals surface area contributed by atoms with Gasteiger partial charge in [0.2, 0.25) is 11.8 Å². The number of likely N-dealkylation sites (N-methyl/N-ethyl adjacent to an activating group) is 1. The number of carbonyl (C=O) groups excluding carboxylic acids is 2. The molecule has 1 unspecified atom stereocenters. The molecular formula is C21H27F2N5O2. The Balaban J connectivity index is 2.35. The first kappa shape index (κ1) is 23.2. The molecule has 7 nitrogen and oxygen atoms in total. The van der Waals surface area contributed by atoms with E-state index in [1.165, 1.54) is 12.3 Å². The van der Waals surface area contributed by atoms with Gasteiger partial charge in [0.1, 0.15) is 11.4 Å². The molecule has 0 aliphatic heterocycles. The van der Waals surface area contributed by atoms with Crippen LogP contribution in [0.4, 0.5) is 14.6 Å². The van der Waals surface area contributed by atoms with Crippen LogP contribution in [0.1, 0.15) is 25.0 Å². The fraction of sp³-hybridized carbons (Fsp3) is 0.381. The van der Waals surface area contributed by atoms with Crippen molar-refractivity contribution in [2.75, 3.05) is 19.3 Å². The van der Waals surface area contributed by atoms with E-state index in [0.29, 0.717) is 23.5 Å². The Morgan fingerprint density at radius 3 is 2.40 bits per heavy atom. The Morgan fingerprint density at radius 2 is 1.87 bits per heavy atom. The van der Waals surface area contributed by atoms with Crippen LogP contribution in [0.5, 0.6) is 0 Å². The molecule has 0 aliphatic carbocycles. The van der Waals surface area contributed by atoms with Gasteiger partial charge >= 0.3 is 0 Å². The van der Waals surface area contributed by atoms with E-state index in [2.05, 4.69) is 10.3 Å². The zero-order valence-corrected chi connectivity index (χ0v) is 17.3. The predicted molar refractivity (Wildman–Crippen MR) is 110 cm³/mol. The summed E-state index contributed by atoms with van der Waals surface area (Å²) in [6.07, 6.45) is 1.53. The summed E-state index contributed by atoms with van der Waals surface area (Å²) >= 11 is 0. The second-order valence-electron chi connectivity index (χ2n) is 7.34. The van der Waals surface area contributed by atoms with Crippen molar-refractivity contribution in [3.05, 3.63) is 59.3 Å². The highest BCUT2D eigenvalue weighted by atomic mass is 19.2. The van der Waals surface area contributed by atoms with Crippen molar-refractivity contribution in [3.8, 4) is 0 Å². The summed E-state index contributed by atoms with van der Waals surface area (Å²) in [6, 6.07) is 6.73. The molecule has 0 saturated heterocycles. The van der Waals surface area contributed by atoms with Crippen molar-refractivity contribution in [3.63, 3.8) is 0 Å². The minimum Gasteiger partial charge on any atom is -0.384 e. The molecular weight excluding hydrogens is 392 g/mol. The maximum Gasteiger partial charge on any atom is 0.238 e. The minimum atomic E-state index is -1.36. The molecule has 2 aromatic rings. The van der Waals surface area contributed by atoms with Crippen LogP contribution in [0.15, 0.2) is 36.5 Å². The number of benzene rings is 1. The van der Waals surface area contributed by atoms with Gasteiger partial charge in [-0.3, -0.25) is 14.5 Å². The standard InChI is InChI=1S/C21H27F2N5O2/c1-4-28(3)21(2,20(25)30)15(9-13-5-7-16(22)17(23)10-13)19(29)27-12-14-6-8-18(24)26-11-14/h5-8,10-11,15H,4,9,12H2,1-3H3,(H2,24,26)(H2,25,30)(H,27,29)/t15-,21?/m1/s1. The molecule has 0 fully saturated rings. The molecule has 30 heavy (non-hydrogen) atoms. The molecule has 162 valence electrons. The molecule has 0 radical (unpaired) electrons. The molecule has 0 saturated carbocycles. The number of nitrogen functional groups attached to an aromatic ring is 1. The minimum absolute atomic E-state index is 0.00714. The normalized spacial score (nSPS) is 14.2. The van der Waals surface area contributed by atoms with Crippen molar-refractivity contribution >= 4 is 17.6 Å². The van der Waals surface area contributed by atoms with Crippen LogP contribution >= 0.6 is 0 Å². The van der Waals surface area contributed by atoms with E-state index in [9.17, 15) is 18.4 Å². The van der Waals surface area contributed by atoms with Crippen LogP contribution in [0.3, 0.4) is 0 Å². The molecule has 2 rings (SSSR count). The third kappa shape index (κ3) is 5.10. The number of anilines is 1. The van der Waals surface area contributed by atoms with E-state index in [-0.39, 0.29) is 13.0 Å². The van der Waals surface area contributed by atoms with Crippen molar-refractivity contribution in [2.45, 2.75) is 32.4 Å². The monoisotopic (exact) mass is 419 g/mol. The van der Waals surface area contributed by atoms with Gasteiger partial charge in [-0.1, -0.05) is 19.1 Å². The highest BCUT2D eigenvalue weighted by Crippen LogP contribution is 2.28. The molecule has 2 amide bonds. The van der Waals surface area contributed by atoms with Crippen molar-refractivity contribution in [1.82, 2.24) is 15.2 Å². The molecule has 9 heteroatoms. The van der Waals surface area contributed by atoms with Crippen LogP contribution < -0.4 is 16.8 Å². The number of nitrogens with two attached hydrogens (primary N) is 2. The van der Waals surface area contributed by atoms with Crippen molar-refractivity contribution in [2.24, 2.45) is 11.7 Å². The number of hydrogen-bond acceptors (Lipinski definition) is 5. The average Bonchev–Trinajstić information content (AvgIpc) is 2.72. The summed E-state index contributed by atoms with van der Waals surface area (Å²) in [7, 11) is 1.68. The Morgan fingerprint density at radius 1 is 1.20 bits per heavy atom. The Hall–Kier alpha value is -3.07. The topological polar surface area (TPSA) is 114 Å². The molecule has 5 N–H and O–H groups in total. The second-order valence-corrected chi connectivity index (χ2v) is 7.34. The molecule has 2 atom stereocenters. The van der Waals surface area contributed by atoms with Gasteiger partial charge in [-0.15, -0.1) is 0 Å². The predicted octanol–water partition coefficient (Wildman–Crippen LogP) is 1.61.